The van der Waals surface area contributed by atoms with Crippen LogP contribution in [0.1, 0.15) is 59.1 Å². The van der Waals surface area contributed by atoms with Crippen LogP contribution in [0.3, 0.4) is 0 Å². The fourth-order valence-corrected chi connectivity index (χ4v) is 10.9. The molecule has 3 saturated heterocycles. The van der Waals surface area contributed by atoms with Gasteiger partial charge in [0.2, 0.25) is 11.8 Å². The minimum absolute atomic E-state index is 0.0667. The van der Waals surface area contributed by atoms with Gasteiger partial charge in [-0.2, -0.15) is 0 Å². The van der Waals surface area contributed by atoms with Gasteiger partial charge in [0.05, 0.1) is 29.2 Å². The van der Waals surface area contributed by atoms with Crippen molar-refractivity contribution in [2.45, 2.75) is 79.9 Å². The van der Waals surface area contributed by atoms with E-state index in [0.29, 0.717) is 24.9 Å². The Hall–Kier alpha value is -1.84. The predicted octanol–water partition coefficient (Wildman–Crippen LogP) is 4.50. The second-order valence-electron chi connectivity index (χ2n) is 12.6. The molecule has 3 aliphatic rings. The first kappa shape index (κ1) is 29.2. The molecule has 7 atom stereocenters. The van der Waals surface area contributed by atoms with Gasteiger partial charge in [0.25, 0.3) is 0 Å². The van der Waals surface area contributed by atoms with E-state index in [1.807, 2.05) is 44.2 Å². The summed E-state index contributed by atoms with van der Waals surface area (Å²) in [7, 11) is 0. The third-order valence-electron chi connectivity index (χ3n) is 8.21. The second kappa shape index (κ2) is 10.3. The van der Waals surface area contributed by atoms with Crippen LogP contribution in [0.4, 0.5) is 0 Å². The SMILES string of the molecule is C=CCN(C(=O)C1N([C@H](CO)c2ccccc2)C(=O)[C@@H]2[C@H](C(=O)O)[C@H]3SC12CC3Br)C(C)(C)CC(C)(C)C. The molecular formula is C29H39BrN2O5S. The first-order chi connectivity index (χ1) is 17.7. The number of hydrogen-bond acceptors (Lipinski definition) is 5. The fraction of sp³-hybridized carbons (Fsp3) is 0.621. The summed E-state index contributed by atoms with van der Waals surface area (Å²) < 4.78 is -0.907. The van der Waals surface area contributed by atoms with Crippen LogP contribution in [-0.2, 0) is 14.4 Å². The summed E-state index contributed by atoms with van der Waals surface area (Å²) in [4.78, 5) is 44.8. The quantitative estimate of drug-likeness (QED) is 0.317. The largest absolute Gasteiger partial charge is 0.481 e. The maximum absolute atomic E-state index is 14.8. The van der Waals surface area contributed by atoms with Crippen molar-refractivity contribution < 1.29 is 24.6 Å². The minimum atomic E-state index is -1.02. The average Bonchev–Trinajstić information content (AvgIpc) is 3.40. The molecule has 3 aliphatic heterocycles. The molecule has 2 bridgehead atoms. The van der Waals surface area contributed by atoms with Gasteiger partial charge in [0.15, 0.2) is 0 Å². The highest BCUT2D eigenvalue weighted by molar-refractivity contribution is 9.09. The Morgan fingerprint density at radius 2 is 1.89 bits per heavy atom. The van der Waals surface area contributed by atoms with Crippen LogP contribution in [0, 0.1) is 17.3 Å². The number of carboxylic acids is 1. The van der Waals surface area contributed by atoms with Crippen molar-refractivity contribution in [3.63, 3.8) is 0 Å². The van der Waals surface area contributed by atoms with Crippen molar-refractivity contribution in [1.82, 2.24) is 9.80 Å². The molecule has 0 radical (unpaired) electrons. The van der Waals surface area contributed by atoms with E-state index in [1.165, 1.54) is 16.7 Å². The zero-order valence-electron chi connectivity index (χ0n) is 22.8. The van der Waals surface area contributed by atoms with Gasteiger partial charge in [-0.05, 0) is 37.7 Å². The molecule has 2 N–H and O–H groups in total. The molecule has 4 rings (SSSR count). The Balaban J connectivity index is 1.88. The summed E-state index contributed by atoms with van der Waals surface area (Å²) in [5, 5.41) is 20.5. The molecule has 38 heavy (non-hydrogen) atoms. The Bertz CT molecular complexity index is 1110. The maximum Gasteiger partial charge on any atom is 0.308 e. The van der Waals surface area contributed by atoms with E-state index in [2.05, 4.69) is 43.3 Å². The van der Waals surface area contributed by atoms with Gasteiger partial charge in [-0.3, -0.25) is 14.4 Å². The number of aliphatic carboxylic acids is 1. The summed E-state index contributed by atoms with van der Waals surface area (Å²) in [5.41, 5.74) is 0.0851. The summed E-state index contributed by atoms with van der Waals surface area (Å²) in [6, 6.07) is 7.50. The molecule has 1 aromatic carbocycles. The van der Waals surface area contributed by atoms with Crippen molar-refractivity contribution >= 4 is 45.5 Å². The summed E-state index contributed by atoms with van der Waals surface area (Å²) in [6.45, 7) is 14.3. The number of carboxylic acid groups (broad SMARTS) is 1. The lowest BCUT2D eigenvalue weighted by atomic mass is 9.70. The zero-order valence-corrected chi connectivity index (χ0v) is 25.2. The molecule has 3 heterocycles. The molecule has 3 fully saturated rings. The van der Waals surface area contributed by atoms with Crippen molar-refractivity contribution in [3.05, 3.63) is 48.6 Å². The number of alkyl halides is 1. The number of nitrogens with zero attached hydrogens (tertiary/aromatic N) is 2. The Labute approximate surface area is 238 Å². The van der Waals surface area contributed by atoms with E-state index in [1.54, 1.807) is 11.0 Å². The van der Waals surface area contributed by atoms with Gasteiger partial charge in [0.1, 0.15) is 6.04 Å². The maximum atomic E-state index is 14.8. The number of halogens is 1. The fourth-order valence-electron chi connectivity index (χ4n) is 7.30. The Morgan fingerprint density at radius 3 is 2.42 bits per heavy atom. The van der Waals surface area contributed by atoms with Crippen LogP contribution in [0.5, 0.6) is 0 Å². The molecule has 0 aliphatic carbocycles. The van der Waals surface area contributed by atoms with Crippen molar-refractivity contribution in [1.29, 1.82) is 0 Å². The number of thioether (sulfide) groups is 1. The Morgan fingerprint density at radius 1 is 1.26 bits per heavy atom. The molecule has 3 unspecified atom stereocenters. The third kappa shape index (κ3) is 4.73. The molecule has 9 heteroatoms. The van der Waals surface area contributed by atoms with Crippen molar-refractivity contribution in [2.75, 3.05) is 13.2 Å². The van der Waals surface area contributed by atoms with Crippen LogP contribution in [-0.4, -0.2) is 77.4 Å². The van der Waals surface area contributed by atoms with Crippen LogP contribution < -0.4 is 0 Å². The first-order valence-electron chi connectivity index (χ1n) is 13.2. The topological polar surface area (TPSA) is 98.2 Å². The van der Waals surface area contributed by atoms with E-state index >= 15 is 0 Å². The van der Waals surface area contributed by atoms with Crippen LogP contribution >= 0.6 is 27.7 Å². The van der Waals surface area contributed by atoms with Crippen LogP contribution in [0.25, 0.3) is 0 Å². The standard InChI is InChI=1S/C29H39BrN2O5S/c1-7-13-31(28(5,6)16-27(2,3)4)25(35)23-29-14-18(30)22(38-29)20(26(36)37)21(29)24(34)32(23)19(15-33)17-11-9-8-10-12-17/h7-12,18-23,33H,1,13-16H2,2-6H3,(H,36,37)/t18?,19-,20+,21+,22+,23?,29?/m1/s1. The highest BCUT2D eigenvalue weighted by atomic mass is 79.9. The number of hydrogen-bond donors (Lipinski definition) is 2. The number of amides is 2. The number of benzene rings is 1. The number of likely N-dealkylation sites (tertiary alicyclic amines) is 1. The van der Waals surface area contributed by atoms with Gasteiger partial charge in [0, 0.05) is 22.2 Å². The predicted molar refractivity (Wildman–Crippen MR) is 153 cm³/mol. The number of rotatable bonds is 9. The second-order valence-corrected chi connectivity index (χ2v) is 15.4. The highest BCUT2D eigenvalue weighted by Gasteiger charge is 2.76. The van der Waals surface area contributed by atoms with Crippen molar-refractivity contribution in [2.24, 2.45) is 17.3 Å². The number of aliphatic hydroxyl groups is 1. The average molecular weight is 608 g/mol. The van der Waals surface area contributed by atoms with Gasteiger partial charge in [-0.25, -0.2) is 0 Å². The van der Waals surface area contributed by atoms with Gasteiger partial charge in [-0.15, -0.1) is 18.3 Å². The highest BCUT2D eigenvalue weighted by Crippen LogP contribution is 2.68. The molecule has 1 spiro atoms. The normalized spacial score (nSPS) is 31.3. The number of carbonyl (C=O) groups excluding carboxylic acids is 2. The van der Waals surface area contributed by atoms with E-state index in [4.69, 9.17) is 0 Å². The zero-order chi connectivity index (χ0) is 28.2. The summed E-state index contributed by atoms with van der Waals surface area (Å²) in [5.74, 6) is -3.34. The van der Waals surface area contributed by atoms with Gasteiger partial charge in [-0.1, -0.05) is 73.1 Å². The number of fused-ring (bicyclic) bond motifs is 1. The van der Waals surface area contributed by atoms with Gasteiger partial charge >= 0.3 is 5.97 Å². The lowest BCUT2D eigenvalue weighted by Crippen LogP contribution is -2.60. The molecule has 208 valence electrons. The molecule has 0 saturated carbocycles. The molecule has 7 nitrogen and oxygen atoms in total. The van der Waals surface area contributed by atoms with Crippen molar-refractivity contribution in [3.8, 4) is 0 Å². The number of aliphatic hydroxyl groups excluding tert-OH is 1. The molecule has 1 aromatic rings. The number of carbonyl (C=O) groups is 3. The van der Waals surface area contributed by atoms with Crippen LogP contribution in [0.2, 0.25) is 0 Å². The Kier molecular flexibility index (Phi) is 7.89. The van der Waals surface area contributed by atoms with Gasteiger partial charge < -0.3 is 20.0 Å². The van der Waals surface area contributed by atoms with E-state index in [9.17, 15) is 24.6 Å². The van der Waals surface area contributed by atoms with E-state index < -0.39 is 40.2 Å². The smallest absolute Gasteiger partial charge is 0.308 e. The van der Waals surface area contributed by atoms with E-state index in [0.717, 1.165) is 0 Å². The molecule has 0 aromatic heterocycles. The molecule has 2 amide bonds. The van der Waals surface area contributed by atoms with Crippen LogP contribution in [0.15, 0.2) is 43.0 Å². The molecular weight excluding hydrogens is 568 g/mol. The minimum Gasteiger partial charge on any atom is -0.481 e. The third-order valence-corrected chi connectivity index (χ3v) is 11.4. The monoisotopic (exact) mass is 606 g/mol. The first-order valence-corrected chi connectivity index (χ1v) is 14.9. The lowest BCUT2D eigenvalue weighted by molar-refractivity contribution is -0.150. The van der Waals surface area contributed by atoms with E-state index in [-0.39, 0.29) is 33.9 Å². The summed E-state index contributed by atoms with van der Waals surface area (Å²) in [6.07, 6.45) is 2.92. The summed E-state index contributed by atoms with van der Waals surface area (Å²) >= 11 is 5.17. The lowest BCUT2D eigenvalue weighted by Gasteiger charge is -2.46.